The Hall–Kier alpha value is -3.23. The Morgan fingerprint density at radius 2 is 1.82 bits per heavy atom. The van der Waals surface area contributed by atoms with Crippen LogP contribution in [0.15, 0.2) is 30.3 Å². The van der Waals surface area contributed by atoms with E-state index in [1.165, 1.54) is 12.1 Å². The van der Waals surface area contributed by atoms with E-state index < -0.39 is 5.82 Å². The second-order valence-electron chi connectivity index (χ2n) is 6.27. The van der Waals surface area contributed by atoms with Crippen molar-refractivity contribution >= 4 is 23.5 Å². The normalized spacial score (nSPS) is 14.0. The molecule has 3 rings (SSSR count). The van der Waals surface area contributed by atoms with Crippen molar-refractivity contribution < 1.29 is 18.7 Å². The third-order valence-corrected chi connectivity index (χ3v) is 4.29. The molecule has 2 heterocycles. The molecule has 1 aromatic heterocycles. The Balaban J connectivity index is 1.70. The van der Waals surface area contributed by atoms with Gasteiger partial charge in [-0.05, 0) is 26.0 Å². The third-order valence-electron chi connectivity index (χ3n) is 4.29. The number of carbonyl (C=O) groups excluding carboxylic acids is 2. The Morgan fingerprint density at radius 1 is 1.14 bits per heavy atom. The Bertz CT molecular complexity index is 868. The molecule has 0 saturated carbocycles. The van der Waals surface area contributed by atoms with Crippen molar-refractivity contribution in [3.05, 3.63) is 47.7 Å². The minimum absolute atomic E-state index is 0.218. The van der Waals surface area contributed by atoms with Gasteiger partial charge in [0.05, 0.1) is 12.3 Å². The lowest BCUT2D eigenvalue weighted by Gasteiger charge is -2.33. The summed E-state index contributed by atoms with van der Waals surface area (Å²) in [5.74, 6) is 0.0632. The lowest BCUT2D eigenvalue weighted by Crippen LogP contribution is -2.50. The highest BCUT2D eigenvalue weighted by Crippen LogP contribution is 2.19. The molecule has 1 aliphatic heterocycles. The molecule has 0 radical (unpaired) electrons. The van der Waals surface area contributed by atoms with E-state index in [4.69, 9.17) is 4.74 Å². The van der Waals surface area contributed by atoms with E-state index in [1.807, 2.05) is 0 Å². The maximum Gasteiger partial charge on any atom is 0.409 e. The monoisotopic (exact) mass is 387 g/mol. The Labute approximate surface area is 162 Å². The van der Waals surface area contributed by atoms with Crippen molar-refractivity contribution in [3.8, 4) is 0 Å². The summed E-state index contributed by atoms with van der Waals surface area (Å²) in [5, 5.41) is 2.88. The predicted octanol–water partition coefficient (Wildman–Crippen LogP) is 2.58. The highest BCUT2D eigenvalue weighted by atomic mass is 19.1. The van der Waals surface area contributed by atoms with Crippen LogP contribution in [-0.2, 0) is 4.74 Å². The molecule has 8 nitrogen and oxygen atoms in total. The topological polar surface area (TPSA) is 87.7 Å². The number of nitrogens with one attached hydrogen (secondary N) is 1. The van der Waals surface area contributed by atoms with Crippen LogP contribution < -0.4 is 5.32 Å². The van der Waals surface area contributed by atoms with Gasteiger partial charge in [-0.15, -0.1) is 0 Å². The average Bonchev–Trinajstić information content (AvgIpc) is 2.69. The van der Waals surface area contributed by atoms with Gasteiger partial charge < -0.3 is 19.9 Å². The number of anilines is 2. The van der Waals surface area contributed by atoms with E-state index in [0.717, 1.165) is 0 Å². The number of para-hydroxylation sites is 1. The average molecular weight is 387 g/mol. The number of halogens is 1. The lowest BCUT2D eigenvalue weighted by molar-refractivity contribution is 0.0565. The zero-order valence-electron chi connectivity index (χ0n) is 15.8. The van der Waals surface area contributed by atoms with Crippen molar-refractivity contribution in [2.45, 2.75) is 13.8 Å². The van der Waals surface area contributed by atoms with E-state index >= 15 is 0 Å². The van der Waals surface area contributed by atoms with Crippen molar-refractivity contribution in [2.24, 2.45) is 0 Å². The number of aromatic nitrogens is 2. The number of ether oxygens (including phenoxy) is 1. The Kier molecular flexibility index (Phi) is 6.03. The number of hydrogen-bond donors (Lipinski definition) is 1. The van der Waals surface area contributed by atoms with Gasteiger partial charge in [-0.1, -0.05) is 12.1 Å². The van der Waals surface area contributed by atoms with Gasteiger partial charge in [0.1, 0.15) is 23.2 Å². The van der Waals surface area contributed by atoms with Crippen molar-refractivity contribution in [2.75, 3.05) is 38.1 Å². The summed E-state index contributed by atoms with van der Waals surface area (Å²) < 4.78 is 18.8. The molecule has 28 heavy (non-hydrogen) atoms. The zero-order valence-corrected chi connectivity index (χ0v) is 15.8. The van der Waals surface area contributed by atoms with Crippen LogP contribution in [0.4, 0.5) is 20.7 Å². The molecule has 9 heteroatoms. The molecule has 1 aliphatic rings. The molecule has 1 saturated heterocycles. The Morgan fingerprint density at radius 3 is 2.50 bits per heavy atom. The van der Waals surface area contributed by atoms with Crippen LogP contribution in [0.1, 0.15) is 23.2 Å². The second-order valence-corrected chi connectivity index (χ2v) is 6.27. The van der Waals surface area contributed by atoms with Crippen molar-refractivity contribution in [1.29, 1.82) is 0 Å². The first-order valence-corrected chi connectivity index (χ1v) is 9.06. The first-order valence-electron chi connectivity index (χ1n) is 9.06. The largest absolute Gasteiger partial charge is 0.450 e. The number of rotatable bonds is 4. The SMILES string of the molecule is CCOC(=O)N1CCN(C(=O)c2cc(Nc3ccccc3F)nc(C)n2)CC1. The van der Waals surface area contributed by atoms with Crippen molar-refractivity contribution in [3.63, 3.8) is 0 Å². The molecule has 0 spiro atoms. The fourth-order valence-electron chi connectivity index (χ4n) is 2.91. The van der Waals surface area contributed by atoms with Crippen LogP contribution in [0.25, 0.3) is 0 Å². The fourth-order valence-corrected chi connectivity index (χ4v) is 2.91. The molecular weight excluding hydrogens is 365 g/mol. The molecule has 148 valence electrons. The second kappa shape index (κ2) is 8.64. The molecule has 2 amide bonds. The van der Waals surface area contributed by atoms with Gasteiger partial charge in [0.2, 0.25) is 0 Å². The summed E-state index contributed by atoms with van der Waals surface area (Å²) in [5.41, 5.74) is 0.484. The van der Waals surface area contributed by atoms with Crippen LogP contribution in [-0.4, -0.2) is 64.6 Å². The molecule has 1 fully saturated rings. The molecule has 1 aromatic carbocycles. The first kappa shape index (κ1) is 19.5. The van der Waals surface area contributed by atoms with Crippen LogP contribution in [0, 0.1) is 12.7 Å². The first-order chi connectivity index (χ1) is 13.5. The van der Waals surface area contributed by atoms with Crippen LogP contribution >= 0.6 is 0 Å². The van der Waals surface area contributed by atoms with Gasteiger partial charge in [-0.25, -0.2) is 19.2 Å². The summed E-state index contributed by atoms with van der Waals surface area (Å²) in [6, 6.07) is 7.72. The van der Waals surface area contributed by atoms with E-state index in [-0.39, 0.29) is 23.4 Å². The maximum absolute atomic E-state index is 13.9. The predicted molar refractivity (Wildman–Crippen MR) is 101 cm³/mol. The van der Waals surface area contributed by atoms with E-state index in [0.29, 0.717) is 44.4 Å². The molecule has 0 atom stereocenters. The quantitative estimate of drug-likeness (QED) is 0.868. The molecule has 1 N–H and O–H groups in total. The molecule has 0 bridgehead atoms. The number of carbonyl (C=O) groups is 2. The molecular formula is C19H22FN5O3. The smallest absolute Gasteiger partial charge is 0.409 e. The van der Waals surface area contributed by atoms with Crippen LogP contribution in [0.2, 0.25) is 0 Å². The highest BCUT2D eigenvalue weighted by molar-refractivity contribution is 5.93. The number of amides is 2. The molecule has 0 aliphatic carbocycles. The maximum atomic E-state index is 13.9. The number of hydrogen-bond acceptors (Lipinski definition) is 6. The van der Waals surface area contributed by atoms with E-state index in [2.05, 4.69) is 15.3 Å². The number of nitrogens with zero attached hydrogens (tertiary/aromatic N) is 4. The van der Waals surface area contributed by atoms with Gasteiger partial charge in [-0.3, -0.25) is 4.79 Å². The number of benzene rings is 1. The number of aryl methyl sites for hydroxylation is 1. The van der Waals surface area contributed by atoms with Gasteiger partial charge in [0.25, 0.3) is 5.91 Å². The minimum Gasteiger partial charge on any atom is -0.450 e. The minimum atomic E-state index is -0.415. The fraction of sp³-hybridized carbons (Fsp3) is 0.368. The lowest BCUT2D eigenvalue weighted by atomic mass is 10.2. The molecule has 0 unspecified atom stereocenters. The summed E-state index contributed by atoms with van der Waals surface area (Å²) in [4.78, 5) is 36.2. The molecule has 2 aromatic rings. The summed E-state index contributed by atoms with van der Waals surface area (Å²) >= 11 is 0. The number of piperazine rings is 1. The van der Waals surface area contributed by atoms with E-state index in [9.17, 15) is 14.0 Å². The van der Waals surface area contributed by atoms with Gasteiger partial charge >= 0.3 is 6.09 Å². The van der Waals surface area contributed by atoms with Crippen molar-refractivity contribution in [1.82, 2.24) is 19.8 Å². The van der Waals surface area contributed by atoms with Gasteiger partial charge in [0.15, 0.2) is 0 Å². The van der Waals surface area contributed by atoms with Crippen LogP contribution in [0.5, 0.6) is 0 Å². The van der Waals surface area contributed by atoms with E-state index in [1.54, 1.807) is 41.8 Å². The van der Waals surface area contributed by atoms with Crippen LogP contribution in [0.3, 0.4) is 0 Å². The summed E-state index contributed by atoms with van der Waals surface area (Å²) in [7, 11) is 0. The third kappa shape index (κ3) is 4.54. The zero-order chi connectivity index (χ0) is 20.1. The summed E-state index contributed by atoms with van der Waals surface area (Å²) in [6.45, 7) is 5.30. The standard InChI is InChI=1S/C19H22FN5O3/c1-3-28-19(27)25-10-8-24(9-11-25)18(26)16-12-17(22-13(2)21-16)23-15-7-5-4-6-14(15)20/h4-7,12H,3,8-11H2,1-2H3,(H,21,22,23). The highest BCUT2D eigenvalue weighted by Gasteiger charge is 2.26. The van der Waals surface area contributed by atoms with Gasteiger partial charge in [0, 0.05) is 32.2 Å². The van der Waals surface area contributed by atoms with Gasteiger partial charge in [-0.2, -0.15) is 0 Å². The summed E-state index contributed by atoms with van der Waals surface area (Å²) in [6.07, 6.45) is -0.371.